The van der Waals surface area contributed by atoms with Crippen molar-refractivity contribution in [3.05, 3.63) is 122 Å². The number of unbranched alkanes of at least 4 members (excludes halogenated alkanes) is 28. The summed E-state index contributed by atoms with van der Waals surface area (Å²) < 4.78 is 16.9. The minimum absolute atomic E-state index is 0.0920. The van der Waals surface area contributed by atoms with E-state index in [0.717, 1.165) is 128 Å². The zero-order valence-corrected chi connectivity index (χ0v) is 51.6. The summed E-state index contributed by atoms with van der Waals surface area (Å²) in [6.07, 6.45) is 91.9. The van der Waals surface area contributed by atoms with Crippen molar-refractivity contribution in [2.45, 2.75) is 309 Å². The SMILES string of the molecule is CC/C=C\C/C=C\C/C=C\C/C=C\CCCCCCCCCCCCC(=O)OCC(COC(=O)CCCCCCCC/C=C\C/C=C\C/C=C\CCCCC)OC(=O)CCCCCCCC/C=C\C/C=C\C/C=C\CCCCC. The molecule has 0 saturated carbocycles. The van der Waals surface area contributed by atoms with Crippen molar-refractivity contribution < 1.29 is 28.6 Å². The van der Waals surface area contributed by atoms with Crippen LogP contribution in [0.25, 0.3) is 0 Å². The smallest absolute Gasteiger partial charge is 0.306 e. The van der Waals surface area contributed by atoms with E-state index in [9.17, 15) is 14.4 Å². The van der Waals surface area contributed by atoms with Gasteiger partial charge in [0.05, 0.1) is 0 Å². The number of hydrogen-bond acceptors (Lipinski definition) is 6. The molecule has 0 radical (unpaired) electrons. The molecule has 0 aromatic carbocycles. The predicted octanol–water partition coefficient (Wildman–Crippen LogP) is 22.8. The summed E-state index contributed by atoms with van der Waals surface area (Å²) >= 11 is 0. The van der Waals surface area contributed by atoms with E-state index >= 15 is 0 Å². The molecule has 0 aliphatic rings. The van der Waals surface area contributed by atoms with Gasteiger partial charge in [0.25, 0.3) is 0 Å². The summed E-state index contributed by atoms with van der Waals surface area (Å²) in [4.78, 5) is 38.4. The van der Waals surface area contributed by atoms with E-state index in [4.69, 9.17) is 14.2 Å². The van der Waals surface area contributed by atoms with Gasteiger partial charge in [-0.15, -0.1) is 0 Å². The van der Waals surface area contributed by atoms with E-state index in [1.807, 2.05) is 0 Å². The second-order valence-electron chi connectivity index (χ2n) is 21.6. The first-order valence-electron chi connectivity index (χ1n) is 33.0. The minimum atomic E-state index is -0.798. The maximum absolute atomic E-state index is 12.9. The summed E-state index contributed by atoms with van der Waals surface area (Å²) in [5.74, 6) is -0.914. The van der Waals surface area contributed by atoms with Gasteiger partial charge >= 0.3 is 17.9 Å². The van der Waals surface area contributed by atoms with Gasteiger partial charge < -0.3 is 14.2 Å². The largest absolute Gasteiger partial charge is 0.462 e. The molecule has 6 nitrogen and oxygen atoms in total. The molecule has 0 bridgehead atoms. The van der Waals surface area contributed by atoms with Crippen LogP contribution >= 0.6 is 0 Å². The maximum atomic E-state index is 12.9. The molecule has 450 valence electrons. The molecule has 0 fully saturated rings. The molecule has 0 heterocycles. The Morgan fingerprint density at radius 3 is 0.772 bits per heavy atom. The van der Waals surface area contributed by atoms with Gasteiger partial charge in [-0.2, -0.15) is 0 Å². The van der Waals surface area contributed by atoms with Crippen LogP contribution in [0.2, 0.25) is 0 Å². The highest BCUT2D eigenvalue weighted by Gasteiger charge is 2.19. The van der Waals surface area contributed by atoms with Crippen LogP contribution in [-0.4, -0.2) is 37.2 Å². The molecule has 0 saturated heterocycles. The van der Waals surface area contributed by atoms with Crippen molar-refractivity contribution in [3.63, 3.8) is 0 Å². The van der Waals surface area contributed by atoms with Crippen molar-refractivity contribution in [1.82, 2.24) is 0 Å². The molecule has 0 aliphatic heterocycles. The first kappa shape index (κ1) is 74.8. The summed E-state index contributed by atoms with van der Waals surface area (Å²) in [7, 11) is 0. The van der Waals surface area contributed by atoms with Gasteiger partial charge in [0.1, 0.15) is 13.2 Å². The number of hydrogen-bond donors (Lipinski definition) is 0. The molecule has 0 aliphatic carbocycles. The van der Waals surface area contributed by atoms with E-state index in [1.165, 1.54) is 135 Å². The van der Waals surface area contributed by atoms with E-state index in [0.29, 0.717) is 19.3 Å². The molecule has 0 rings (SSSR count). The molecule has 79 heavy (non-hydrogen) atoms. The molecule has 6 heteroatoms. The van der Waals surface area contributed by atoms with Crippen LogP contribution in [0.5, 0.6) is 0 Å². The number of allylic oxidation sites excluding steroid dienone is 20. The quantitative estimate of drug-likeness (QED) is 0.0261. The van der Waals surface area contributed by atoms with Crippen LogP contribution in [0.1, 0.15) is 303 Å². The number of esters is 3. The molecule has 0 aromatic heterocycles. The van der Waals surface area contributed by atoms with Crippen LogP contribution in [0.3, 0.4) is 0 Å². The van der Waals surface area contributed by atoms with Gasteiger partial charge in [-0.1, -0.05) is 271 Å². The normalized spacial score (nSPS) is 12.9. The molecule has 1 atom stereocenters. The summed E-state index contributed by atoms with van der Waals surface area (Å²) in [5, 5.41) is 0. The molecule has 0 N–H and O–H groups in total. The maximum Gasteiger partial charge on any atom is 0.306 e. The van der Waals surface area contributed by atoms with Crippen molar-refractivity contribution >= 4 is 17.9 Å². The third kappa shape index (κ3) is 64.5. The van der Waals surface area contributed by atoms with Gasteiger partial charge in [-0.05, 0) is 135 Å². The molecular formula is C73H122O6. The fourth-order valence-corrected chi connectivity index (χ4v) is 8.98. The molecular weight excluding hydrogens is 973 g/mol. The van der Waals surface area contributed by atoms with Gasteiger partial charge in [0, 0.05) is 19.3 Å². The van der Waals surface area contributed by atoms with E-state index < -0.39 is 6.10 Å². The fourth-order valence-electron chi connectivity index (χ4n) is 8.98. The highest BCUT2D eigenvalue weighted by Crippen LogP contribution is 2.15. The number of ether oxygens (including phenoxy) is 3. The Bertz CT molecular complexity index is 1640. The van der Waals surface area contributed by atoms with Crippen molar-refractivity contribution in [2.24, 2.45) is 0 Å². The fraction of sp³-hybridized carbons (Fsp3) is 0.685. The molecule has 0 aromatic rings. The van der Waals surface area contributed by atoms with Gasteiger partial charge in [-0.25, -0.2) is 0 Å². The van der Waals surface area contributed by atoms with E-state index in [2.05, 4.69) is 142 Å². The standard InChI is InChI=1S/C73H122O6/c1-4-7-10-13-16-19-22-25-28-31-34-35-36-37-40-42-45-48-51-54-57-60-63-66-72(75)78-69-70(79-73(76)67-64-61-58-55-52-49-46-43-39-33-30-27-24-21-18-15-12-9-6-3)68-77-71(74)65-62-59-56-53-50-47-44-41-38-32-29-26-23-20-17-14-11-8-5-2/h7,10,16-21,25-30,34-35,38-39,41,43,70H,4-6,8-9,11-15,22-24,31-33,36-37,40,42,44-69H2,1-3H3/b10-7-,19-16-,20-17-,21-18-,28-25-,29-26-,30-27-,35-34-,41-38-,43-39-. The first-order valence-corrected chi connectivity index (χ1v) is 33.0. The van der Waals surface area contributed by atoms with Gasteiger partial charge in [0.2, 0.25) is 0 Å². The van der Waals surface area contributed by atoms with Crippen molar-refractivity contribution in [1.29, 1.82) is 0 Å². The van der Waals surface area contributed by atoms with Crippen LogP contribution < -0.4 is 0 Å². The van der Waals surface area contributed by atoms with Crippen molar-refractivity contribution in [3.8, 4) is 0 Å². The molecule has 0 spiro atoms. The predicted molar refractivity (Wildman–Crippen MR) is 343 cm³/mol. The second-order valence-corrected chi connectivity index (χ2v) is 21.6. The summed E-state index contributed by atoms with van der Waals surface area (Å²) in [6.45, 7) is 6.47. The lowest BCUT2D eigenvalue weighted by atomic mass is 10.1. The zero-order valence-electron chi connectivity index (χ0n) is 51.6. The Kier molecular flexibility index (Phi) is 62.8. The van der Waals surface area contributed by atoms with Crippen LogP contribution in [0.15, 0.2) is 122 Å². The lowest BCUT2D eigenvalue weighted by Crippen LogP contribution is -2.30. The van der Waals surface area contributed by atoms with Gasteiger partial charge in [-0.3, -0.25) is 14.4 Å². The number of rotatable bonds is 59. The Labute approximate surface area is 488 Å². The average Bonchev–Trinajstić information content (AvgIpc) is 3.45. The highest BCUT2D eigenvalue weighted by molar-refractivity contribution is 5.71. The lowest BCUT2D eigenvalue weighted by molar-refractivity contribution is -0.167. The Hall–Kier alpha value is -4.19. The number of carbonyl (C=O) groups excluding carboxylic acids is 3. The number of carbonyl (C=O) groups is 3. The molecule has 0 amide bonds. The van der Waals surface area contributed by atoms with Crippen LogP contribution in [0.4, 0.5) is 0 Å². The zero-order chi connectivity index (χ0) is 57.1. The summed E-state index contributed by atoms with van der Waals surface area (Å²) in [6, 6.07) is 0. The first-order chi connectivity index (χ1) is 39.0. The third-order valence-electron chi connectivity index (χ3n) is 13.9. The summed E-state index contributed by atoms with van der Waals surface area (Å²) in [5.41, 5.74) is 0. The lowest BCUT2D eigenvalue weighted by Gasteiger charge is -2.18. The Morgan fingerprint density at radius 2 is 0.494 bits per heavy atom. The average molecular weight is 1100 g/mol. The van der Waals surface area contributed by atoms with Crippen LogP contribution in [0, 0.1) is 0 Å². The van der Waals surface area contributed by atoms with Gasteiger partial charge in [0.15, 0.2) is 6.10 Å². The highest BCUT2D eigenvalue weighted by atomic mass is 16.6. The van der Waals surface area contributed by atoms with E-state index in [-0.39, 0.29) is 31.1 Å². The second kappa shape index (κ2) is 66.3. The third-order valence-corrected chi connectivity index (χ3v) is 13.9. The monoisotopic (exact) mass is 1090 g/mol. The topological polar surface area (TPSA) is 78.9 Å². The van der Waals surface area contributed by atoms with E-state index in [1.54, 1.807) is 0 Å². The molecule has 1 unspecified atom stereocenters. The Morgan fingerprint density at radius 1 is 0.266 bits per heavy atom. The van der Waals surface area contributed by atoms with Crippen LogP contribution in [-0.2, 0) is 28.6 Å². The van der Waals surface area contributed by atoms with Crippen molar-refractivity contribution in [2.75, 3.05) is 13.2 Å². The minimum Gasteiger partial charge on any atom is -0.462 e. The Balaban J connectivity index is 4.44.